The molecule has 2 rings (SSSR count). The summed E-state index contributed by atoms with van der Waals surface area (Å²) in [5.74, 6) is -5.11. The van der Waals surface area contributed by atoms with Gasteiger partial charge in [0.2, 0.25) is 5.91 Å². The van der Waals surface area contributed by atoms with Crippen LogP contribution >= 0.6 is 0 Å². The summed E-state index contributed by atoms with van der Waals surface area (Å²) >= 11 is 0. The maximum Gasteiger partial charge on any atom is 0.254 e. The van der Waals surface area contributed by atoms with Crippen LogP contribution in [0.2, 0.25) is 0 Å². The van der Waals surface area contributed by atoms with E-state index in [2.05, 4.69) is 5.32 Å². The van der Waals surface area contributed by atoms with Gasteiger partial charge in [0, 0.05) is 18.7 Å². The first-order chi connectivity index (χ1) is 12.8. The van der Waals surface area contributed by atoms with Crippen molar-refractivity contribution in [2.24, 2.45) is 0 Å². The van der Waals surface area contributed by atoms with Crippen LogP contribution in [0.4, 0.5) is 18.9 Å². The van der Waals surface area contributed by atoms with E-state index in [1.54, 1.807) is 6.07 Å². The molecule has 0 saturated heterocycles. The first-order valence-electron chi connectivity index (χ1n) is 7.68. The Hall–Kier alpha value is -3.23. The van der Waals surface area contributed by atoms with E-state index in [0.29, 0.717) is 17.6 Å². The predicted octanol–water partition coefficient (Wildman–Crippen LogP) is 2.83. The Morgan fingerprint density at radius 1 is 1.00 bits per heavy atom. The SMILES string of the molecule is COc1cc(OC)cc(C(=O)N(C)CC(=O)Nc2ccc(F)c(F)c2F)c1. The molecule has 0 spiro atoms. The number of nitrogens with one attached hydrogen (secondary N) is 1. The van der Waals surface area contributed by atoms with Crippen LogP contribution in [-0.2, 0) is 4.79 Å². The summed E-state index contributed by atoms with van der Waals surface area (Å²) in [4.78, 5) is 25.6. The molecule has 0 aliphatic carbocycles. The maximum atomic E-state index is 13.6. The van der Waals surface area contributed by atoms with E-state index in [0.717, 1.165) is 11.0 Å². The molecule has 2 aromatic rings. The molecule has 0 unspecified atom stereocenters. The van der Waals surface area contributed by atoms with E-state index in [9.17, 15) is 22.8 Å². The molecule has 2 amide bonds. The lowest BCUT2D eigenvalue weighted by Gasteiger charge is -2.18. The number of nitrogens with zero attached hydrogens (tertiary/aromatic N) is 1. The molecular weight excluding hydrogens is 365 g/mol. The molecule has 0 radical (unpaired) electrons. The Balaban J connectivity index is 2.10. The van der Waals surface area contributed by atoms with Crippen LogP contribution in [-0.4, -0.2) is 44.5 Å². The third-order valence-corrected chi connectivity index (χ3v) is 3.64. The zero-order valence-electron chi connectivity index (χ0n) is 14.8. The van der Waals surface area contributed by atoms with Gasteiger partial charge in [-0.2, -0.15) is 0 Å². The Labute approximate surface area is 153 Å². The molecule has 144 valence electrons. The standard InChI is InChI=1S/C18H17F3N2O4/c1-23(18(25)10-6-11(26-2)8-12(7-10)27-3)9-15(24)22-14-5-4-13(19)16(20)17(14)21/h4-8H,9H2,1-3H3,(H,22,24). The molecule has 0 atom stereocenters. The number of ether oxygens (including phenoxy) is 2. The number of hydrogen-bond donors (Lipinski definition) is 1. The average molecular weight is 382 g/mol. The van der Waals surface area contributed by atoms with Crippen LogP contribution in [0.3, 0.4) is 0 Å². The monoisotopic (exact) mass is 382 g/mol. The second kappa shape index (κ2) is 8.43. The number of carbonyl (C=O) groups is 2. The van der Waals surface area contributed by atoms with Crippen molar-refractivity contribution in [2.75, 3.05) is 33.1 Å². The van der Waals surface area contributed by atoms with Crippen LogP contribution in [0, 0.1) is 17.5 Å². The van der Waals surface area contributed by atoms with E-state index in [1.807, 2.05) is 0 Å². The molecule has 0 aliphatic heterocycles. The zero-order chi connectivity index (χ0) is 20.1. The number of anilines is 1. The number of likely N-dealkylation sites (N-methyl/N-ethyl adjacent to an activating group) is 1. The van der Waals surface area contributed by atoms with Crippen LogP contribution in [0.5, 0.6) is 11.5 Å². The highest BCUT2D eigenvalue weighted by Crippen LogP contribution is 2.23. The minimum absolute atomic E-state index is 0.209. The second-order valence-electron chi connectivity index (χ2n) is 5.53. The van der Waals surface area contributed by atoms with Gasteiger partial charge in [0.15, 0.2) is 17.5 Å². The molecule has 1 N–H and O–H groups in total. The second-order valence-corrected chi connectivity index (χ2v) is 5.53. The lowest BCUT2D eigenvalue weighted by atomic mass is 10.1. The van der Waals surface area contributed by atoms with Gasteiger partial charge < -0.3 is 19.7 Å². The molecule has 6 nitrogen and oxygen atoms in total. The summed E-state index contributed by atoms with van der Waals surface area (Å²) in [7, 11) is 4.21. The van der Waals surface area contributed by atoms with Crippen molar-refractivity contribution < 1.29 is 32.2 Å². The van der Waals surface area contributed by atoms with E-state index in [4.69, 9.17) is 9.47 Å². The lowest BCUT2D eigenvalue weighted by Crippen LogP contribution is -2.35. The normalized spacial score (nSPS) is 10.3. The number of rotatable bonds is 6. The molecular formula is C18H17F3N2O4. The number of amides is 2. The fourth-order valence-electron chi connectivity index (χ4n) is 2.25. The van der Waals surface area contributed by atoms with Crippen molar-refractivity contribution in [2.45, 2.75) is 0 Å². The molecule has 0 aliphatic rings. The summed E-state index contributed by atoms with van der Waals surface area (Å²) in [5.41, 5.74) is -0.316. The van der Waals surface area contributed by atoms with Crippen LogP contribution in [0.1, 0.15) is 10.4 Å². The van der Waals surface area contributed by atoms with Gasteiger partial charge in [0.25, 0.3) is 5.91 Å². The van der Waals surface area contributed by atoms with Crippen molar-refractivity contribution in [3.05, 3.63) is 53.3 Å². The van der Waals surface area contributed by atoms with E-state index in [1.165, 1.54) is 33.4 Å². The number of benzene rings is 2. The molecule has 27 heavy (non-hydrogen) atoms. The van der Waals surface area contributed by atoms with Gasteiger partial charge in [0.1, 0.15) is 11.5 Å². The van der Waals surface area contributed by atoms with Gasteiger partial charge in [-0.15, -0.1) is 0 Å². The zero-order valence-corrected chi connectivity index (χ0v) is 14.8. The summed E-state index contributed by atoms with van der Waals surface area (Å²) < 4.78 is 49.9. The molecule has 0 heterocycles. The van der Waals surface area contributed by atoms with Gasteiger partial charge >= 0.3 is 0 Å². The molecule has 0 saturated carbocycles. The maximum absolute atomic E-state index is 13.6. The van der Waals surface area contributed by atoms with Crippen LogP contribution in [0.15, 0.2) is 30.3 Å². The smallest absolute Gasteiger partial charge is 0.254 e. The molecule has 0 fully saturated rings. The minimum atomic E-state index is -1.69. The average Bonchev–Trinajstić information content (AvgIpc) is 2.67. The predicted molar refractivity (Wildman–Crippen MR) is 91.5 cm³/mol. The molecule has 2 aromatic carbocycles. The number of halogens is 3. The largest absolute Gasteiger partial charge is 0.497 e. The van der Waals surface area contributed by atoms with E-state index in [-0.39, 0.29) is 5.56 Å². The first kappa shape index (κ1) is 20.1. The van der Waals surface area contributed by atoms with Gasteiger partial charge in [-0.1, -0.05) is 0 Å². The molecule has 0 aromatic heterocycles. The third-order valence-electron chi connectivity index (χ3n) is 3.64. The van der Waals surface area contributed by atoms with Crippen molar-refractivity contribution >= 4 is 17.5 Å². The molecule has 0 bridgehead atoms. The van der Waals surface area contributed by atoms with E-state index >= 15 is 0 Å². The highest BCUT2D eigenvalue weighted by molar-refractivity contribution is 5.99. The Kier molecular flexibility index (Phi) is 6.27. The Morgan fingerprint density at radius 2 is 1.59 bits per heavy atom. The van der Waals surface area contributed by atoms with Gasteiger partial charge in [-0.3, -0.25) is 9.59 Å². The number of methoxy groups -OCH3 is 2. The summed E-state index contributed by atoms with van der Waals surface area (Å²) in [5, 5.41) is 2.10. The summed E-state index contributed by atoms with van der Waals surface area (Å²) in [6, 6.07) is 6.09. The third kappa shape index (κ3) is 4.69. The summed E-state index contributed by atoms with van der Waals surface area (Å²) in [6.45, 7) is -0.448. The van der Waals surface area contributed by atoms with Crippen molar-refractivity contribution in [1.29, 1.82) is 0 Å². The topological polar surface area (TPSA) is 67.9 Å². The Morgan fingerprint density at radius 3 is 2.15 bits per heavy atom. The Bertz CT molecular complexity index is 852. The fourth-order valence-corrected chi connectivity index (χ4v) is 2.25. The van der Waals surface area contributed by atoms with E-state index < -0.39 is 41.5 Å². The molecule has 9 heteroatoms. The number of carbonyl (C=O) groups excluding carboxylic acids is 2. The van der Waals surface area contributed by atoms with Crippen molar-refractivity contribution in [3.63, 3.8) is 0 Å². The highest BCUT2D eigenvalue weighted by Gasteiger charge is 2.19. The lowest BCUT2D eigenvalue weighted by molar-refractivity contribution is -0.116. The van der Waals surface area contributed by atoms with Crippen LogP contribution in [0.25, 0.3) is 0 Å². The van der Waals surface area contributed by atoms with Gasteiger partial charge in [-0.25, -0.2) is 13.2 Å². The van der Waals surface area contributed by atoms with Gasteiger partial charge in [-0.05, 0) is 24.3 Å². The van der Waals surface area contributed by atoms with Crippen LogP contribution < -0.4 is 14.8 Å². The number of hydrogen-bond acceptors (Lipinski definition) is 4. The first-order valence-corrected chi connectivity index (χ1v) is 7.68. The minimum Gasteiger partial charge on any atom is -0.497 e. The fraction of sp³-hybridized carbons (Fsp3) is 0.222. The van der Waals surface area contributed by atoms with Crippen molar-refractivity contribution in [1.82, 2.24) is 4.90 Å². The quantitative estimate of drug-likeness (QED) is 0.781. The van der Waals surface area contributed by atoms with Gasteiger partial charge in [0.05, 0.1) is 26.5 Å². The summed E-state index contributed by atoms with van der Waals surface area (Å²) in [6.07, 6.45) is 0. The van der Waals surface area contributed by atoms with Crippen molar-refractivity contribution in [3.8, 4) is 11.5 Å². The highest BCUT2D eigenvalue weighted by atomic mass is 19.2.